The zero-order chi connectivity index (χ0) is 12.8. The SMILES string of the molecule is C1CCCCC1.NC(=O)c1occ2ccccc12. The monoisotopic (exact) mass is 245 g/mol. The number of fused-ring (bicyclic) bond motifs is 1. The van der Waals surface area contributed by atoms with E-state index in [9.17, 15) is 4.79 Å². The number of furan rings is 1. The first-order valence-electron chi connectivity index (χ1n) is 6.55. The second-order valence-electron chi connectivity index (χ2n) is 4.64. The van der Waals surface area contributed by atoms with E-state index in [1.807, 2.05) is 18.2 Å². The van der Waals surface area contributed by atoms with Crippen molar-refractivity contribution in [3.63, 3.8) is 0 Å². The molecule has 3 heteroatoms. The van der Waals surface area contributed by atoms with Gasteiger partial charge in [0.2, 0.25) is 0 Å². The van der Waals surface area contributed by atoms with Crippen molar-refractivity contribution in [3.05, 3.63) is 36.3 Å². The van der Waals surface area contributed by atoms with Gasteiger partial charge in [-0.15, -0.1) is 0 Å². The molecule has 1 aliphatic rings. The average Bonchev–Trinajstić information content (AvgIpc) is 2.85. The number of hydrogen-bond acceptors (Lipinski definition) is 2. The summed E-state index contributed by atoms with van der Waals surface area (Å²) in [5, 5.41) is 1.66. The largest absolute Gasteiger partial charge is 0.458 e. The number of carbonyl (C=O) groups excluding carboxylic acids is 1. The maximum absolute atomic E-state index is 10.8. The van der Waals surface area contributed by atoms with Crippen LogP contribution >= 0.6 is 0 Å². The second kappa shape index (κ2) is 6.24. The van der Waals surface area contributed by atoms with Crippen LogP contribution in [0.5, 0.6) is 0 Å². The Labute approximate surface area is 107 Å². The minimum absolute atomic E-state index is 0.227. The molecule has 0 saturated heterocycles. The molecule has 2 N–H and O–H groups in total. The quantitative estimate of drug-likeness (QED) is 0.829. The Bertz CT molecular complexity index is 500. The Morgan fingerprint density at radius 2 is 1.56 bits per heavy atom. The highest BCUT2D eigenvalue weighted by molar-refractivity contribution is 6.03. The molecule has 1 aliphatic carbocycles. The predicted octanol–water partition coefficient (Wildman–Crippen LogP) is 3.87. The molecule has 0 aliphatic heterocycles. The summed E-state index contributed by atoms with van der Waals surface area (Å²) in [6.07, 6.45) is 10.5. The van der Waals surface area contributed by atoms with Crippen LogP contribution in [0.2, 0.25) is 0 Å². The van der Waals surface area contributed by atoms with Crippen LogP contribution in [0.25, 0.3) is 10.8 Å². The van der Waals surface area contributed by atoms with Crippen LogP contribution in [0.3, 0.4) is 0 Å². The fourth-order valence-electron chi connectivity index (χ4n) is 2.24. The summed E-state index contributed by atoms with van der Waals surface area (Å²) in [5.74, 6) is -0.304. The van der Waals surface area contributed by atoms with Gasteiger partial charge in [-0.1, -0.05) is 62.8 Å². The highest BCUT2D eigenvalue weighted by Crippen LogP contribution is 2.19. The second-order valence-corrected chi connectivity index (χ2v) is 4.64. The van der Waals surface area contributed by atoms with Crippen LogP contribution in [0.1, 0.15) is 49.1 Å². The van der Waals surface area contributed by atoms with E-state index in [1.165, 1.54) is 44.8 Å². The van der Waals surface area contributed by atoms with Gasteiger partial charge in [-0.2, -0.15) is 0 Å². The van der Waals surface area contributed by atoms with E-state index >= 15 is 0 Å². The number of hydrogen-bond donors (Lipinski definition) is 1. The van der Waals surface area contributed by atoms with Crippen LogP contribution in [0, 0.1) is 0 Å². The average molecular weight is 245 g/mol. The van der Waals surface area contributed by atoms with Crippen molar-refractivity contribution in [3.8, 4) is 0 Å². The first-order valence-corrected chi connectivity index (χ1v) is 6.55. The van der Waals surface area contributed by atoms with Crippen molar-refractivity contribution in [2.45, 2.75) is 38.5 Å². The summed E-state index contributed by atoms with van der Waals surface area (Å²) < 4.78 is 5.00. The number of primary amides is 1. The van der Waals surface area contributed by atoms with E-state index in [-0.39, 0.29) is 5.76 Å². The van der Waals surface area contributed by atoms with Gasteiger partial charge >= 0.3 is 0 Å². The molecule has 18 heavy (non-hydrogen) atoms. The summed E-state index contributed by atoms with van der Waals surface area (Å²) in [6.45, 7) is 0. The van der Waals surface area contributed by atoms with Gasteiger partial charge in [-0.05, 0) is 0 Å². The Balaban J connectivity index is 0.000000169. The maximum Gasteiger partial charge on any atom is 0.285 e. The lowest BCUT2D eigenvalue weighted by atomic mass is 10.0. The molecule has 1 heterocycles. The third kappa shape index (κ3) is 3.13. The molecule has 0 unspecified atom stereocenters. The van der Waals surface area contributed by atoms with Gasteiger partial charge in [0.15, 0.2) is 5.76 Å². The number of benzene rings is 1. The van der Waals surface area contributed by atoms with Gasteiger partial charge in [0.05, 0.1) is 6.26 Å². The summed E-state index contributed by atoms with van der Waals surface area (Å²) in [5.41, 5.74) is 5.09. The van der Waals surface area contributed by atoms with E-state index in [0.717, 1.165) is 10.8 Å². The predicted molar refractivity (Wildman–Crippen MR) is 72.4 cm³/mol. The Hall–Kier alpha value is -1.77. The molecule has 0 bridgehead atoms. The van der Waals surface area contributed by atoms with Gasteiger partial charge < -0.3 is 10.2 Å². The Morgan fingerprint density at radius 3 is 2.11 bits per heavy atom. The Kier molecular flexibility index (Phi) is 4.40. The van der Waals surface area contributed by atoms with Crippen molar-refractivity contribution in [2.75, 3.05) is 0 Å². The van der Waals surface area contributed by atoms with Gasteiger partial charge in [0, 0.05) is 10.8 Å². The molecule has 96 valence electrons. The van der Waals surface area contributed by atoms with Crippen molar-refractivity contribution < 1.29 is 9.21 Å². The van der Waals surface area contributed by atoms with Crippen molar-refractivity contribution in [1.29, 1.82) is 0 Å². The highest BCUT2D eigenvalue weighted by Gasteiger charge is 2.09. The van der Waals surface area contributed by atoms with Crippen molar-refractivity contribution in [2.24, 2.45) is 5.73 Å². The molecule has 1 aromatic carbocycles. The Morgan fingerprint density at radius 1 is 1.00 bits per heavy atom. The number of carbonyl (C=O) groups is 1. The van der Waals surface area contributed by atoms with E-state index in [0.29, 0.717) is 0 Å². The number of rotatable bonds is 1. The van der Waals surface area contributed by atoms with Gasteiger partial charge in [0.1, 0.15) is 0 Å². The van der Waals surface area contributed by atoms with E-state index in [4.69, 9.17) is 10.2 Å². The highest BCUT2D eigenvalue weighted by atomic mass is 16.3. The maximum atomic E-state index is 10.8. The molecule has 1 fully saturated rings. The third-order valence-electron chi connectivity index (χ3n) is 3.23. The minimum Gasteiger partial charge on any atom is -0.458 e. The van der Waals surface area contributed by atoms with Crippen LogP contribution in [0.4, 0.5) is 0 Å². The summed E-state index contributed by atoms with van der Waals surface area (Å²) >= 11 is 0. The van der Waals surface area contributed by atoms with Gasteiger partial charge in [-0.25, -0.2) is 0 Å². The van der Waals surface area contributed by atoms with E-state index < -0.39 is 5.91 Å². The van der Waals surface area contributed by atoms with E-state index in [1.54, 1.807) is 6.07 Å². The topological polar surface area (TPSA) is 56.2 Å². The summed E-state index contributed by atoms with van der Waals surface area (Å²) in [7, 11) is 0. The fraction of sp³-hybridized carbons (Fsp3) is 0.400. The molecule has 0 spiro atoms. The van der Waals surface area contributed by atoms with Crippen molar-refractivity contribution in [1.82, 2.24) is 0 Å². The van der Waals surface area contributed by atoms with Gasteiger partial charge in [0.25, 0.3) is 5.91 Å². The fourth-order valence-corrected chi connectivity index (χ4v) is 2.24. The molecule has 1 aromatic heterocycles. The molecule has 3 rings (SSSR count). The van der Waals surface area contributed by atoms with Crippen LogP contribution in [0.15, 0.2) is 34.9 Å². The molecule has 3 nitrogen and oxygen atoms in total. The molecule has 0 atom stereocenters. The zero-order valence-electron chi connectivity index (χ0n) is 10.5. The van der Waals surface area contributed by atoms with Gasteiger partial charge in [-0.3, -0.25) is 4.79 Å². The third-order valence-corrected chi connectivity index (χ3v) is 3.23. The summed E-state index contributed by atoms with van der Waals surface area (Å²) in [4.78, 5) is 10.8. The number of nitrogens with two attached hydrogens (primary N) is 1. The normalized spacial score (nSPS) is 14.9. The van der Waals surface area contributed by atoms with Crippen LogP contribution < -0.4 is 5.73 Å². The summed E-state index contributed by atoms with van der Waals surface area (Å²) in [6, 6.07) is 7.39. The molecular formula is C15H19NO2. The molecule has 1 saturated carbocycles. The number of amides is 1. The smallest absolute Gasteiger partial charge is 0.285 e. The lowest BCUT2D eigenvalue weighted by Gasteiger charge is -2.05. The molecular weight excluding hydrogens is 226 g/mol. The van der Waals surface area contributed by atoms with Crippen LogP contribution in [-0.2, 0) is 0 Å². The molecule has 2 aromatic rings. The van der Waals surface area contributed by atoms with E-state index in [2.05, 4.69) is 0 Å². The molecule has 0 radical (unpaired) electrons. The lowest BCUT2D eigenvalue weighted by Crippen LogP contribution is -2.09. The van der Waals surface area contributed by atoms with Crippen LogP contribution in [-0.4, -0.2) is 5.91 Å². The minimum atomic E-state index is -0.531. The first kappa shape index (κ1) is 12.7. The first-order chi connectivity index (χ1) is 8.79. The van der Waals surface area contributed by atoms with Crippen molar-refractivity contribution >= 4 is 16.7 Å². The standard InChI is InChI=1S/C9H7NO2.C6H12/c10-9(11)8-7-4-2-1-3-6(7)5-12-8;1-2-4-6-5-3-1/h1-5H,(H2,10,11);1-6H2. The zero-order valence-corrected chi connectivity index (χ0v) is 10.5. The molecule has 1 amide bonds. The lowest BCUT2D eigenvalue weighted by molar-refractivity contribution is 0.0976.